The SMILES string of the molecule is CC(=CCCCOC1OC[C@@H](O)[C@H](O)[C@H]1O)CCCC(C)CCCC(C)CCCC(C)C. The Morgan fingerprint density at radius 3 is 2.09 bits per heavy atom. The van der Waals surface area contributed by atoms with Crippen molar-refractivity contribution in [3.8, 4) is 0 Å². The van der Waals surface area contributed by atoms with Crippen molar-refractivity contribution in [2.24, 2.45) is 17.8 Å². The van der Waals surface area contributed by atoms with Gasteiger partial charge in [-0.1, -0.05) is 84.3 Å². The molecule has 0 aromatic carbocycles. The van der Waals surface area contributed by atoms with Crippen molar-refractivity contribution in [3.05, 3.63) is 11.6 Å². The zero-order valence-electron chi connectivity index (χ0n) is 21.5. The third kappa shape index (κ3) is 13.3. The molecule has 1 heterocycles. The summed E-state index contributed by atoms with van der Waals surface area (Å²) in [5.74, 6) is 2.53. The number of unbranched alkanes of at least 4 members (excludes halogenated alkanes) is 1. The van der Waals surface area contributed by atoms with E-state index in [1.54, 1.807) is 0 Å². The molecule has 0 aromatic heterocycles. The minimum Gasteiger partial charge on any atom is -0.388 e. The maximum absolute atomic E-state index is 9.86. The van der Waals surface area contributed by atoms with Gasteiger partial charge in [0.05, 0.1) is 13.2 Å². The quantitative estimate of drug-likeness (QED) is 0.196. The second-order valence-corrected chi connectivity index (χ2v) is 10.7. The van der Waals surface area contributed by atoms with E-state index in [0.29, 0.717) is 6.61 Å². The van der Waals surface area contributed by atoms with E-state index in [-0.39, 0.29) is 6.61 Å². The molecule has 1 aliphatic rings. The maximum Gasteiger partial charge on any atom is 0.186 e. The summed E-state index contributed by atoms with van der Waals surface area (Å²) in [5, 5.41) is 29.0. The van der Waals surface area contributed by atoms with Gasteiger partial charge in [0, 0.05) is 0 Å². The highest BCUT2D eigenvalue weighted by Crippen LogP contribution is 2.22. The molecular formula is C27H52O5. The lowest BCUT2D eigenvalue weighted by atomic mass is 9.91. The standard InChI is InChI=1S/C27H52O5/c1-20(2)11-8-13-22(4)15-10-17-23(5)16-9-14-21(3)12-6-7-18-31-27-26(30)25(29)24(28)19-32-27/h12,20,22-30H,6-11,13-19H2,1-5H3/t22?,23?,24-,25+,26-,27?/m1/s1. The summed E-state index contributed by atoms with van der Waals surface area (Å²) < 4.78 is 10.8. The molecule has 0 aliphatic carbocycles. The summed E-state index contributed by atoms with van der Waals surface area (Å²) in [6, 6.07) is 0. The van der Waals surface area contributed by atoms with Crippen molar-refractivity contribution >= 4 is 0 Å². The van der Waals surface area contributed by atoms with Crippen LogP contribution in [0.25, 0.3) is 0 Å². The molecule has 0 saturated carbocycles. The van der Waals surface area contributed by atoms with Crippen molar-refractivity contribution < 1.29 is 24.8 Å². The van der Waals surface area contributed by atoms with Crippen LogP contribution in [0.3, 0.4) is 0 Å². The second-order valence-electron chi connectivity index (χ2n) is 10.7. The number of hydrogen-bond acceptors (Lipinski definition) is 5. The van der Waals surface area contributed by atoms with Crippen molar-refractivity contribution in [3.63, 3.8) is 0 Å². The van der Waals surface area contributed by atoms with Gasteiger partial charge in [0.1, 0.15) is 18.3 Å². The molecule has 0 bridgehead atoms. The summed E-state index contributed by atoms with van der Waals surface area (Å²) in [6.07, 6.45) is 11.7. The molecule has 190 valence electrons. The molecular weight excluding hydrogens is 404 g/mol. The normalized spacial score (nSPS) is 26.5. The van der Waals surface area contributed by atoms with Gasteiger partial charge in [0.15, 0.2) is 6.29 Å². The molecule has 6 atom stereocenters. The predicted octanol–water partition coefficient (Wildman–Crippen LogP) is 5.61. The average Bonchev–Trinajstić information content (AvgIpc) is 2.73. The molecule has 1 aliphatic heterocycles. The van der Waals surface area contributed by atoms with Crippen LogP contribution in [0, 0.1) is 17.8 Å². The smallest absolute Gasteiger partial charge is 0.186 e. The van der Waals surface area contributed by atoms with Crippen molar-refractivity contribution in [1.29, 1.82) is 0 Å². The van der Waals surface area contributed by atoms with Crippen LogP contribution in [0.2, 0.25) is 0 Å². The summed E-state index contributed by atoms with van der Waals surface area (Å²) in [5.41, 5.74) is 1.43. The van der Waals surface area contributed by atoms with Crippen molar-refractivity contribution in [2.45, 2.75) is 130 Å². The summed E-state index contributed by atoms with van der Waals surface area (Å²) in [4.78, 5) is 0. The monoisotopic (exact) mass is 456 g/mol. The van der Waals surface area contributed by atoms with E-state index in [2.05, 4.69) is 40.7 Å². The van der Waals surface area contributed by atoms with Gasteiger partial charge >= 0.3 is 0 Å². The van der Waals surface area contributed by atoms with Crippen LogP contribution in [0.5, 0.6) is 0 Å². The largest absolute Gasteiger partial charge is 0.388 e. The Morgan fingerprint density at radius 1 is 0.875 bits per heavy atom. The van der Waals surface area contributed by atoms with Crippen LogP contribution in [-0.2, 0) is 9.47 Å². The maximum atomic E-state index is 9.86. The van der Waals surface area contributed by atoms with Gasteiger partial charge in [0.25, 0.3) is 0 Å². The van der Waals surface area contributed by atoms with E-state index in [4.69, 9.17) is 9.47 Å². The van der Waals surface area contributed by atoms with Crippen LogP contribution >= 0.6 is 0 Å². The molecule has 0 aromatic rings. The van der Waals surface area contributed by atoms with E-state index in [1.165, 1.54) is 56.9 Å². The van der Waals surface area contributed by atoms with Gasteiger partial charge in [0.2, 0.25) is 0 Å². The lowest BCUT2D eigenvalue weighted by Gasteiger charge is -2.34. The van der Waals surface area contributed by atoms with E-state index in [1.807, 2.05) is 0 Å². The highest BCUT2D eigenvalue weighted by atomic mass is 16.7. The predicted molar refractivity (Wildman–Crippen MR) is 131 cm³/mol. The van der Waals surface area contributed by atoms with Crippen LogP contribution in [-0.4, -0.2) is 53.1 Å². The van der Waals surface area contributed by atoms with Crippen molar-refractivity contribution in [1.82, 2.24) is 0 Å². The lowest BCUT2D eigenvalue weighted by molar-refractivity contribution is -0.269. The highest BCUT2D eigenvalue weighted by Gasteiger charge is 2.37. The topological polar surface area (TPSA) is 79.2 Å². The van der Waals surface area contributed by atoms with Gasteiger partial charge in [-0.15, -0.1) is 0 Å². The first kappa shape index (κ1) is 29.6. The molecule has 5 heteroatoms. The number of aliphatic hydroxyl groups excluding tert-OH is 3. The van der Waals surface area contributed by atoms with Crippen molar-refractivity contribution in [2.75, 3.05) is 13.2 Å². The molecule has 0 amide bonds. The van der Waals surface area contributed by atoms with E-state index in [9.17, 15) is 15.3 Å². The Bertz CT molecular complexity index is 492. The average molecular weight is 457 g/mol. The highest BCUT2D eigenvalue weighted by molar-refractivity contribution is 4.97. The van der Waals surface area contributed by atoms with Crippen LogP contribution in [0.1, 0.15) is 105 Å². The minimum absolute atomic E-state index is 0.0162. The molecule has 3 N–H and O–H groups in total. The van der Waals surface area contributed by atoms with Crippen LogP contribution in [0.4, 0.5) is 0 Å². The van der Waals surface area contributed by atoms with Gasteiger partial charge < -0.3 is 24.8 Å². The van der Waals surface area contributed by atoms with Gasteiger partial charge in [-0.2, -0.15) is 0 Å². The first-order chi connectivity index (χ1) is 15.2. The summed E-state index contributed by atoms with van der Waals surface area (Å²) >= 11 is 0. The minimum atomic E-state index is -1.21. The van der Waals surface area contributed by atoms with Crippen LogP contribution in [0.15, 0.2) is 11.6 Å². The number of allylic oxidation sites excluding steroid dienone is 2. The molecule has 1 rings (SSSR count). The van der Waals surface area contributed by atoms with Gasteiger partial charge in [-0.25, -0.2) is 0 Å². The molecule has 0 radical (unpaired) electrons. The number of rotatable bonds is 17. The molecule has 5 nitrogen and oxygen atoms in total. The van der Waals surface area contributed by atoms with Gasteiger partial charge in [-0.05, 0) is 50.4 Å². The third-order valence-electron chi connectivity index (χ3n) is 6.72. The zero-order chi connectivity index (χ0) is 23.9. The van der Waals surface area contributed by atoms with Gasteiger partial charge in [-0.3, -0.25) is 0 Å². The number of hydrogen-bond donors (Lipinski definition) is 3. The van der Waals surface area contributed by atoms with E-state index < -0.39 is 24.6 Å². The Hall–Kier alpha value is -0.460. The first-order valence-electron chi connectivity index (χ1n) is 13.1. The van der Waals surface area contributed by atoms with E-state index >= 15 is 0 Å². The summed E-state index contributed by atoms with van der Waals surface area (Å²) in [6.45, 7) is 12.1. The first-order valence-corrected chi connectivity index (χ1v) is 13.1. The molecule has 0 spiro atoms. The number of aliphatic hydroxyl groups is 3. The second kappa shape index (κ2) is 17.0. The van der Waals surface area contributed by atoms with Crippen LogP contribution < -0.4 is 0 Å². The number of ether oxygens (including phenoxy) is 2. The Morgan fingerprint density at radius 2 is 1.47 bits per heavy atom. The molecule has 1 saturated heterocycles. The lowest BCUT2D eigenvalue weighted by Crippen LogP contribution is -2.53. The Balaban J connectivity index is 2.03. The fourth-order valence-electron chi connectivity index (χ4n) is 4.37. The Kier molecular flexibility index (Phi) is 15.8. The fraction of sp³-hybridized carbons (Fsp3) is 0.926. The third-order valence-corrected chi connectivity index (χ3v) is 6.72. The summed E-state index contributed by atoms with van der Waals surface area (Å²) in [7, 11) is 0. The van der Waals surface area contributed by atoms with E-state index in [0.717, 1.165) is 37.0 Å². The fourth-order valence-corrected chi connectivity index (χ4v) is 4.37. The molecule has 3 unspecified atom stereocenters. The zero-order valence-corrected chi connectivity index (χ0v) is 21.5. The molecule has 32 heavy (non-hydrogen) atoms. The molecule has 1 fully saturated rings. The Labute approximate surface area is 197 Å².